The van der Waals surface area contributed by atoms with Crippen molar-refractivity contribution in [1.82, 2.24) is 4.98 Å². The molecule has 2 rings (SSSR count). The van der Waals surface area contributed by atoms with Crippen molar-refractivity contribution in [1.29, 1.82) is 0 Å². The van der Waals surface area contributed by atoms with E-state index in [1.54, 1.807) is 6.92 Å². The standard InChI is InChI=1S/C11H16N4O3S/c1-7-6-19(17,18)3-2-15(7)9-5-14-10(12)4-8(9)11(13)16/h4-5,7H,2-3,6H2,1H3,(H2,12,14)(H2,13,16). The van der Waals surface area contributed by atoms with Crippen molar-refractivity contribution in [2.75, 3.05) is 28.7 Å². The number of sulfone groups is 1. The number of pyridine rings is 1. The fourth-order valence-corrected chi connectivity index (χ4v) is 3.80. The highest BCUT2D eigenvalue weighted by molar-refractivity contribution is 7.91. The Morgan fingerprint density at radius 2 is 2.21 bits per heavy atom. The van der Waals surface area contributed by atoms with Crippen LogP contribution in [0.25, 0.3) is 0 Å². The molecule has 0 spiro atoms. The predicted octanol–water partition coefficient (Wildman–Crippen LogP) is -0.614. The lowest BCUT2D eigenvalue weighted by Gasteiger charge is -2.35. The second-order valence-electron chi connectivity index (χ2n) is 4.65. The summed E-state index contributed by atoms with van der Waals surface area (Å²) in [6.07, 6.45) is 1.46. The molecule has 0 saturated carbocycles. The minimum atomic E-state index is -3.02. The normalized spacial score (nSPS) is 22.2. The Labute approximate surface area is 111 Å². The van der Waals surface area contributed by atoms with Crippen molar-refractivity contribution in [2.45, 2.75) is 13.0 Å². The number of hydrogen-bond acceptors (Lipinski definition) is 6. The number of primary amides is 1. The van der Waals surface area contributed by atoms with E-state index < -0.39 is 15.7 Å². The van der Waals surface area contributed by atoms with Crippen LogP contribution in [0.3, 0.4) is 0 Å². The van der Waals surface area contributed by atoms with Gasteiger partial charge < -0.3 is 16.4 Å². The summed E-state index contributed by atoms with van der Waals surface area (Å²) in [6, 6.07) is 1.18. The number of nitrogens with two attached hydrogens (primary N) is 2. The van der Waals surface area contributed by atoms with E-state index in [-0.39, 0.29) is 28.9 Å². The molecule has 2 heterocycles. The van der Waals surface area contributed by atoms with Gasteiger partial charge in [0.1, 0.15) is 5.82 Å². The van der Waals surface area contributed by atoms with Crippen LogP contribution >= 0.6 is 0 Å². The third kappa shape index (κ3) is 2.78. The number of carbonyl (C=O) groups excluding carboxylic acids is 1. The van der Waals surface area contributed by atoms with Crippen molar-refractivity contribution >= 4 is 27.2 Å². The van der Waals surface area contributed by atoms with Gasteiger partial charge in [0, 0.05) is 12.6 Å². The summed E-state index contributed by atoms with van der Waals surface area (Å²) in [6.45, 7) is 2.10. The van der Waals surface area contributed by atoms with Gasteiger partial charge in [-0.15, -0.1) is 0 Å². The summed E-state index contributed by atoms with van der Waals surface area (Å²) in [5.74, 6) is -0.297. The van der Waals surface area contributed by atoms with Crippen LogP contribution in [0, 0.1) is 0 Å². The Morgan fingerprint density at radius 3 is 2.79 bits per heavy atom. The zero-order chi connectivity index (χ0) is 14.2. The zero-order valence-corrected chi connectivity index (χ0v) is 11.4. The van der Waals surface area contributed by atoms with Crippen LogP contribution in [0.4, 0.5) is 11.5 Å². The van der Waals surface area contributed by atoms with Crippen LogP contribution in [-0.4, -0.2) is 43.4 Å². The third-order valence-corrected chi connectivity index (χ3v) is 4.94. The maximum Gasteiger partial charge on any atom is 0.251 e. The van der Waals surface area contributed by atoms with Gasteiger partial charge in [-0.25, -0.2) is 13.4 Å². The molecule has 1 aromatic rings. The highest BCUT2D eigenvalue weighted by Crippen LogP contribution is 2.25. The molecule has 8 heteroatoms. The summed E-state index contributed by atoms with van der Waals surface area (Å²) in [7, 11) is -3.02. The van der Waals surface area contributed by atoms with Gasteiger partial charge in [-0.05, 0) is 13.0 Å². The average Bonchev–Trinajstić information content (AvgIpc) is 2.28. The molecule has 1 aliphatic rings. The van der Waals surface area contributed by atoms with E-state index in [0.717, 1.165) is 0 Å². The highest BCUT2D eigenvalue weighted by Gasteiger charge is 2.30. The number of aromatic nitrogens is 1. The summed E-state index contributed by atoms with van der Waals surface area (Å²) >= 11 is 0. The molecule has 1 fully saturated rings. The Bertz CT molecular complexity index is 614. The molecule has 1 amide bonds. The van der Waals surface area contributed by atoms with Gasteiger partial charge in [0.05, 0.1) is 29.0 Å². The first-order valence-corrected chi connectivity index (χ1v) is 7.64. The third-order valence-electron chi connectivity index (χ3n) is 3.15. The second kappa shape index (κ2) is 4.69. The van der Waals surface area contributed by atoms with Crippen LogP contribution in [-0.2, 0) is 9.84 Å². The number of carbonyl (C=O) groups is 1. The molecule has 1 unspecified atom stereocenters. The van der Waals surface area contributed by atoms with Crippen molar-refractivity contribution in [3.05, 3.63) is 17.8 Å². The van der Waals surface area contributed by atoms with Gasteiger partial charge in [0.2, 0.25) is 0 Å². The van der Waals surface area contributed by atoms with Gasteiger partial charge in [0.25, 0.3) is 5.91 Å². The molecular weight excluding hydrogens is 268 g/mol. The van der Waals surface area contributed by atoms with Crippen molar-refractivity contribution < 1.29 is 13.2 Å². The molecule has 0 bridgehead atoms. The lowest BCUT2D eigenvalue weighted by molar-refractivity contribution is 0.100. The number of nitrogens with zero attached hydrogens (tertiary/aromatic N) is 2. The van der Waals surface area contributed by atoms with Gasteiger partial charge >= 0.3 is 0 Å². The lowest BCUT2D eigenvalue weighted by atomic mass is 10.1. The van der Waals surface area contributed by atoms with Crippen molar-refractivity contribution in [3.63, 3.8) is 0 Å². The van der Waals surface area contributed by atoms with E-state index in [9.17, 15) is 13.2 Å². The van der Waals surface area contributed by atoms with Gasteiger partial charge in [-0.2, -0.15) is 0 Å². The first-order valence-electron chi connectivity index (χ1n) is 5.82. The van der Waals surface area contributed by atoms with Crippen LogP contribution < -0.4 is 16.4 Å². The van der Waals surface area contributed by atoms with Crippen LogP contribution in [0.15, 0.2) is 12.3 Å². The minimum absolute atomic E-state index is 0.0512. The number of amides is 1. The largest absolute Gasteiger partial charge is 0.384 e. The number of anilines is 2. The Hall–Kier alpha value is -1.83. The maximum absolute atomic E-state index is 11.6. The lowest BCUT2D eigenvalue weighted by Crippen LogP contribution is -2.47. The van der Waals surface area contributed by atoms with Crippen LogP contribution in [0.5, 0.6) is 0 Å². The maximum atomic E-state index is 11.6. The fourth-order valence-electron chi connectivity index (χ4n) is 2.25. The van der Waals surface area contributed by atoms with Gasteiger partial charge in [-0.1, -0.05) is 0 Å². The molecule has 0 radical (unpaired) electrons. The molecule has 1 saturated heterocycles. The van der Waals surface area contributed by atoms with Crippen LogP contribution in [0.2, 0.25) is 0 Å². The van der Waals surface area contributed by atoms with Gasteiger partial charge in [-0.3, -0.25) is 4.79 Å². The zero-order valence-electron chi connectivity index (χ0n) is 10.5. The fraction of sp³-hybridized carbons (Fsp3) is 0.455. The molecular formula is C11H16N4O3S. The van der Waals surface area contributed by atoms with Gasteiger partial charge in [0.15, 0.2) is 9.84 Å². The van der Waals surface area contributed by atoms with Crippen molar-refractivity contribution in [3.8, 4) is 0 Å². The molecule has 1 atom stereocenters. The Kier molecular flexibility index (Phi) is 3.36. The summed E-state index contributed by atoms with van der Waals surface area (Å²) < 4.78 is 23.1. The Balaban J connectivity index is 2.40. The summed E-state index contributed by atoms with van der Waals surface area (Å²) in [5.41, 5.74) is 11.7. The molecule has 19 heavy (non-hydrogen) atoms. The second-order valence-corrected chi connectivity index (χ2v) is 6.88. The molecule has 104 valence electrons. The molecule has 7 nitrogen and oxygen atoms in total. The molecule has 1 aromatic heterocycles. The number of rotatable bonds is 2. The first-order chi connectivity index (χ1) is 8.80. The topological polar surface area (TPSA) is 119 Å². The number of hydrogen-bond donors (Lipinski definition) is 2. The number of nitrogen functional groups attached to an aromatic ring is 1. The van der Waals surface area contributed by atoms with E-state index in [1.165, 1.54) is 12.3 Å². The Morgan fingerprint density at radius 1 is 1.53 bits per heavy atom. The minimum Gasteiger partial charge on any atom is -0.384 e. The van der Waals surface area contributed by atoms with Crippen molar-refractivity contribution in [2.24, 2.45) is 5.73 Å². The van der Waals surface area contributed by atoms with E-state index in [4.69, 9.17) is 11.5 Å². The summed E-state index contributed by atoms with van der Waals surface area (Å²) in [4.78, 5) is 17.2. The molecule has 4 N–H and O–H groups in total. The van der Waals surface area contributed by atoms with E-state index in [0.29, 0.717) is 12.2 Å². The smallest absolute Gasteiger partial charge is 0.251 e. The van der Waals surface area contributed by atoms with Crippen LogP contribution in [0.1, 0.15) is 17.3 Å². The monoisotopic (exact) mass is 284 g/mol. The first kappa shape index (κ1) is 13.6. The quantitative estimate of drug-likeness (QED) is 0.747. The van der Waals surface area contributed by atoms with E-state index >= 15 is 0 Å². The SMILES string of the molecule is CC1CS(=O)(=O)CCN1c1cnc(N)cc1C(N)=O. The molecule has 0 aromatic carbocycles. The van der Waals surface area contributed by atoms with E-state index in [1.807, 2.05) is 4.90 Å². The average molecular weight is 284 g/mol. The molecule has 0 aliphatic carbocycles. The predicted molar refractivity (Wildman–Crippen MR) is 72.6 cm³/mol. The summed E-state index contributed by atoms with van der Waals surface area (Å²) in [5, 5.41) is 0. The van der Waals surface area contributed by atoms with E-state index in [2.05, 4.69) is 4.98 Å². The highest BCUT2D eigenvalue weighted by atomic mass is 32.2. The molecule has 1 aliphatic heterocycles.